The third kappa shape index (κ3) is 5.81. The number of halogens is 1. The van der Waals surface area contributed by atoms with Gasteiger partial charge >= 0.3 is 0 Å². The van der Waals surface area contributed by atoms with Crippen molar-refractivity contribution in [2.24, 2.45) is 13.0 Å². The molecule has 3 heterocycles. The fourth-order valence-corrected chi connectivity index (χ4v) is 5.38. The van der Waals surface area contributed by atoms with E-state index in [2.05, 4.69) is 19.4 Å². The minimum absolute atomic E-state index is 0.571. The number of rotatable bonds is 10. The topological polar surface area (TPSA) is 43.2 Å². The van der Waals surface area contributed by atoms with Crippen LogP contribution in [-0.2, 0) is 7.05 Å². The molecule has 0 N–H and O–H groups in total. The highest BCUT2D eigenvalue weighted by molar-refractivity contribution is 7.99. The van der Waals surface area contributed by atoms with E-state index >= 15 is 4.39 Å². The number of aromatic nitrogens is 3. The molecule has 0 spiro atoms. The van der Waals surface area contributed by atoms with Gasteiger partial charge in [0, 0.05) is 36.8 Å². The Kier molecular flexibility index (Phi) is 8.03. The lowest BCUT2D eigenvalue weighted by atomic mass is 9.89. The number of likely N-dealkylation sites (tertiary alicyclic amines) is 1. The molecule has 1 aliphatic heterocycles. The third-order valence-corrected chi connectivity index (χ3v) is 7.63. The summed E-state index contributed by atoms with van der Waals surface area (Å²) in [4.78, 5) is 11.3. The smallest absolute Gasteiger partial charge is 0.167 e. The Morgan fingerprint density at radius 1 is 1.19 bits per heavy atom. The first-order chi connectivity index (χ1) is 15.6. The molecule has 1 atom stereocenters. The highest BCUT2D eigenvalue weighted by Gasteiger charge is 2.21. The second-order valence-electron chi connectivity index (χ2n) is 8.64. The molecule has 2 aromatic heterocycles. The van der Waals surface area contributed by atoms with Crippen molar-refractivity contribution in [2.45, 2.75) is 43.4 Å². The summed E-state index contributed by atoms with van der Waals surface area (Å²) < 4.78 is 22.6. The highest BCUT2D eigenvalue weighted by Crippen LogP contribution is 2.33. The molecule has 1 saturated heterocycles. The summed E-state index contributed by atoms with van der Waals surface area (Å²) >= 11 is 1.83. The van der Waals surface area contributed by atoms with E-state index < -0.39 is 6.17 Å². The van der Waals surface area contributed by atoms with Crippen LogP contribution in [-0.4, -0.2) is 51.9 Å². The molecule has 0 bridgehead atoms. The average Bonchev–Trinajstić information content (AvgIpc) is 3.24. The maximum absolute atomic E-state index is 15.2. The number of aryl methyl sites for hydroxylation is 1. The number of fused-ring (bicyclic) bond motifs is 1. The summed E-state index contributed by atoms with van der Waals surface area (Å²) in [5.41, 5.74) is 1.55. The van der Waals surface area contributed by atoms with Gasteiger partial charge in [-0.15, -0.1) is 0 Å². The lowest BCUT2D eigenvalue weighted by Crippen LogP contribution is -2.34. The van der Waals surface area contributed by atoms with Crippen molar-refractivity contribution >= 4 is 22.7 Å². The van der Waals surface area contributed by atoms with Crippen molar-refractivity contribution in [3.8, 4) is 5.75 Å². The molecule has 0 aliphatic carbocycles. The number of hydrogen-bond acceptors (Lipinski definition) is 5. The third-order valence-electron chi connectivity index (χ3n) is 6.48. The van der Waals surface area contributed by atoms with Crippen molar-refractivity contribution in [1.29, 1.82) is 0 Å². The number of pyridine rings is 1. The van der Waals surface area contributed by atoms with Crippen molar-refractivity contribution in [3.63, 3.8) is 0 Å². The molecule has 0 radical (unpaired) electrons. The minimum Gasteiger partial charge on any atom is -0.497 e. The standard InChI is InChI=1S/C25H33FN4OS/c1-29-16-12-28-25(29)32-17-3-13-30-14-9-19(10-15-30)4-6-23(26)21-8-11-27-24-7-5-20(31-2)18-22(21)24/h5,7-8,11-12,16,18-19,23H,3-4,6,9-10,13-15,17H2,1-2H3. The molecule has 0 saturated carbocycles. The summed E-state index contributed by atoms with van der Waals surface area (Å²) in [6.07, 6.45) is 9.61. The minimum atomic E-state index is -0.964. The van der Waals surface area contributed by atoms with Gasteiger partial charge in [0.05, 0.1) is 12.6 Å². The Morgan fingerprint density at radius 3 is 2.78 bits per heavy atom. The molecular formula is C25H33FN4OS. The fourth-order valence-electron chi connectivity index (χ4n) is 4.53. The second kappa shape index (κ2) is 11.1. The van der Waals surface area contributed by atoms with Gasteiger partial charge in [0.1, 0.15) is 11.9 Å². The molecule has 32 heavy (non-hydrogen) atoms. The number of imidazole rings is 1. The van der Waals surface area contributed by atoms with Gasteiger partial charge in [-0.25, -0.2) is 9.37 Å². The molecule has 172 valence electrons. The van der Waals surface area contributed by atoms with Gasteiger partial charge < -0.3 is 14.2 Å². The first-order valence-electron chi connectivity index (χ1n) is 11.5. The van der Waals surface area contributed by atoms with E-state index in [0.29, 0.717) is 12.3 Å². The zero-order valence-corrected chi connectivity index (χ0v) is 19.9. The molecule has 1 unspecified atom stereocenters. The van der Waals surface area contributed by atoms with Crippen LogP contribution in [0, 0.1) is 5.92 Å². The van der Waals surface area contributed by atoms with E-state index in [1.54, 1.807) is 13.3 Å². The largest absolute Gasteiger partial charge is 0.497 e. The summed E-state index contributed by atoms with van der Waals surface area (Å²) in [5.74, 6) is 2.46. The van der Waals surface area contributed by atoms with E-state index in [0.717, 1.165) is 59.2 Å². The van der Waals surface area contributed by atoms with Crippen LogP contribution in [0.1, 0.15) is 43.8 Å². The quantitative estimate of drug-likeness (QED) is 0.291. The van der Waals surface area contributed by atoms with Crippen molar-refractivity contribution < 1.29 is 9.13 Å². The Bertz CT molecular complexity index is 1000. The number of alkyl halides is 1. The molecule has 7 heteroatoms. The van der Waals surface area contributed by atoms with E-state index in [1.807, 2.05) is 55.5 Å². The van der Waals surface area contributed by atoms with E-state index in [9.17, 15) is 0 Å². The van der Waals surface area contributed by atoms with Gasteiger partial charge in [-0.3, -0.25) is 4.98 Å². The van der Waals surface area contributed by atoms with Crippen molar-refractivity contribution in [1.82, 2.24) is 19.4 Å². The predicted molar refractivity (Wildman–Crippen MR) is 129 cm³/mol. The number of thioether (sulfide) groups is 1. The lowest BCUT2D eigenvalue weighted by molar-refractivity contribution is 0.169. The Hall–Kier alpha value is -2.12. The van der Waals surface area contributed by atoms with Crippen LogP contribution in [0.2, 0.25) is 0 Å². The van der Waals surface area contributed by atoms with Crippen LogP contribution in [0.25, 0.3) is 10.9 Å². The molecule has 5 nitrogen and oxygen atoms in total. The van der Waals surface area contributed by atoms with Crippen LogP contribution < -0.4 is 4.74 Å². The van der Waals surface area contributed by atoms with Gasteiger partial charge in [-0.2, -0.15) is 0 Å². The van der Waals surface area contributed by atoms with E-state index in [4.69, 9.17) is 4.74 Å². The maximum Gasteiger partial charge on any atom is 0.167 e. The predicted octanol–water partition coefficient (Wildman–Crippen LogP) is 5.66. The molecule has 1 aromatic carbocycles. The van der Waals surface area contributed by atoms with Crippen molar-refractivity contribution in [3.05, 3.63) is 48.4 Å². The molecular weight excluding hydrogens is 423 g/mol. The van der Waals surface area contributed by atoms with Crippen LogP contribution in [0.4, 0.5) is 4.39 Å². The highest BCUT2D eigenvalue weighted by atomic mass is 32.2. The van der Waals surface area contributed by atoms with Gasteiger partial charge in [0.2, 0.25) is 0 Å². The molecule has 1 fully saturated rings. The molecule has 4 rings (SSSR count). The summed E-state index contributed by atoms with van der Waals surface area (Å²) in [6, 6.07) is 7.49. The normalized spacial score (nSPS) is 16.5. The lowest BCUT2D eigenvalue weighted by Gasteiger charge is -2.32. The van der Waals surface area contributed by atoms with E-state index in [1.165, 1.54) is 19.3 Å². The van der Waals surface area contributed by atoms with Crippen LogP contribution in [0.5, 0.6) is 5.75 Å². The monoisotopic (exact) mass is 456 g/mol. The number of ether oxygens (including phenoxy) is 1. The van der Waals surface area contributed by atoms with Gasteiger partial charge in [0.25, 0.3) is 0 Å². The first-order valence-corrected chi connectivity index (χ1v) is 12.5. The van der Waals surface area contributed by atoms with Crippen molar-refractivity contribution in [2.75, 3.05) is 32.5 Å². The van der Waals surface area contributed by atoms with Crippen LogP contribution in [0.3, 0.4) is 0 Å². The first kappa shape index (κ1) is 23.1. The fraction of sp³-hybridized carbons (Fsp3) is 0.520. The average molecular weight is 457 g/mol. The number of hydrogen-bond donors (Lipinski definition) is 0. The van der Waals surface area contributed by atoms with Crippen LogP contribution >= 0.6 is 11.8 Å². The molecule has 0 amide bonds. The van der Waals surface area contributed by atoms with E-state index in [-0.39, 0.29) is 0 Å². The SMILES string of the molecule is COc1ccc2nccc(C(F)CCC3CCN(CCCSc4nccn4C)CC3)c2c1. The second-order valence-corrected chi connectivity index (χ2v) is 9.70. The summed E-state index contributed by atoms with van der Waals surface area (Å²) in [7, 11) is 3.67. The summed E-state index contributed by atoms with van der Waals surface area (Å²) in [5, 5.41) is 1.95. The number of piperidine rings is 1. The van der Waals surface area contributed by atoms with Gasteiger partial charge in [-0.1, -0.05) is 11.8 Å². The number of nitrogens with zero attached hydrogens (tertiary/aromatic N) is 4. The maximum atomic E-state index is 15.2. The zero-order chi connectivity index (χ0) is 22.3. The van der Waals surface area contributed by atoms with Gasteiger partial charge in [-0.05, 0) is 87.5 Å². The number of methoxy groups -OCH3 is 1. The Morgan fingerprint density at radius 2 is 2.03 bits per heavy atom. The van der Waals surface area contributed by atoms with Gasteiger partial charge in [0.15, 0.2) is 5.16 Å². The number of benzene rings is 1. The Balaban J connectivity index is 1.20. The molecule has 3 aromatic rings. The Labute approximate surface area is 194 Å². The molecule has 1 aliphatic rings. The van der Waals surface area contributed by atoms with Crippen LogP contribution in [0.15, 0.2) is 48.0 Å². The zero-order valence-electron chi connectivity index (χ0n) is 19.0. The summed E-state index contributed by atoms with van der Waals surface area (Å²) in [6.45, 7) is 3.40.